The van der Waals surface area contributed by atoms with Crippen LogP contribution >= 0.6 is 11.6 Å². The van der Waals surface area contributed by atoms with Gasteiger partial charge in [0.05, 0.1) is 6.10 Å². The number of aryl methyl sites for hydroxylation is 1. The van der Waals surface area contributed by atoms with Crippen LogP contribution in [0.1, 0.15) is 31.1 Å². The maximum absolute atomic E-state index is 9.85. The summed E-state index contributed by atoms with van der Waals surface area (Å²) in [6.45, 7) is 3.83. The molecule has 1 aromatic carbocycles. The first-order valence-electron chi connectivity index (χ1n) is 4.78. The molecule has 2 nitrogen and oxygen atoms in total. The molecule has 1 rings (SSSR count). The van der Waals surface area contributed by atoms with Gasteiger partial charge in [-0.2, -0.15) is 0 Å². The molecule has 0 aliphatic carbocycles. The predicted molar refractivity (Wildman–Crippen MR) is 59.4 cm³/mol. The number of hydrogen-bond donors (Lipinski definition) is 2. The first-order valence-corrected chi connectivity index (χ1v) is 5.16. The molecule has 0 aliphatic heterocycles. The largest absolute Gasteiger partial charge is 0.387 e. The van der Waals surface area contributed by atoms with Crippen LogP contribution in [-0.2, 0) is 6.42 Å². The molecule has 0 amide bonds. The van der Waals surface area contributed by atoms with Crippen molar-refractivity contribution in [1.82, 2.24) is 0 Å². The number of aliphatic hydroxyl groups excluding tert-OH is 1. The normalized spacial score (nSPS) is 15.2. The Balaban J connectivity index is 3.10. The molecule has 0 spiro atoms. The van der Waals surface area contributed by atoms with E-state index in [-0.39, 0.29) is 6.04 Å². The molecule has 0 aromatic heterocycles. The molecule has 0 aliphatic rings. The fourth-order valence-electron chi connectivity index (χ4n) is 1.45. The molecule has 0 radical (unpaired) electrons. The van der Waals surface area contributed by atoms with Crippen LogP contribution in [0.25, 0.3) is 0 Å². The van der Waals surface area contributed by atoms with E-state index in [0.717, 1.165) is 17.5 Å². The molecule has 0 bridgehead atoms. The van der Waals surface area contributed by atoms with Gasteiger partial charge in [0.1, 0.15) is 0 Å². The minimum atomic E-state index is -0.636. The molecule has 0 saturated heterocycles. The van der Waals surface area contributed by atoms with Gasteiger partial charge in [-0.05, 0) is 36.6 Å². The van der Waals surface area contributed by atoms with Gasteiger partial charge in [-0.1, -0.05) is 24.6 Å². The van der Waals surface area contributed by atoms with E-state index in [1.807, 2.05) is 19.1 Å². The van der Waals surface area contributed by atoms with Crippen LogP contribution in [0.5, 0.6) is 0 Å². The Morgan fingerprint density at radius 1 is 1.50 bits per heavy atom. The van der Waals surface area contributed by atoms with Crippen LogP contribution in [0, 0.1) is 0 Å². The van der Waals surface area contributed by atoms with Crippen molar-refractivity contribution in [3.05, 3.63) is 34.3 Å². The van der Waals surface area contributed by atoms with E-state index < -0.39 is 6.10 Å². The van der Waals surface area contributed by atoms with Gasteiger partial charge in [-0.15, -0.1) is 0 Å². The topological polar surface area (TPSA) is 46.2 Å². The molecular weight excluding hydrogens is 198 g/mol. The van der Waals surface area contributed by atoms with E-state index in [2.05, 4.69) is 0 Å². The van der Waals surface area contributed by atoms with Crippen LogP contribution < -0.4 is 5.73 Å². The highest BCUT2D eigenvalue weighted by molar-refractivity contribution is 6.30. The highest BCUT2D eigenvalue weighted by Crippen LogP contribution is 2.24. The van der Waals surface area contributed by atoms with Gasteiger partial charge in [0, 0.05) is 11.1 Å². The van der Waals surface area contributed by atoms with Crippen molar-refractivity contribution in [2.24, 2.45) is 5.73 Å². The summed E-state index contributed by atoms with van der Waals surface area (Å²) in [6.07, 6.45) is 0.236. The van der Waals surface area contributed by atoms with Crippen LogP contribution in [-0.4, -0.2) is 11.1 Å². The van der Waals surface area contributed by atoms with Crippen molar-refractivity contribution in [3.8, 4) is 0 Å². The van der Waals surface area contributed by atoms with Gasteiger partial charge < -0.3 is 10.8 Å². The smallest absolute Gasteiger partial charge is 0.0941 e. The Kier molecular flexibility index (Phi) is 3.93. The zero-order chi connectivity index (χ0) is 10.7. The van der Waals surface area contributed by atoms with Crippen molar-refractivity contribution in [2.75, 3.05) is 0 Å². The number of hydrogen-bond acceptors (Lipinski definition) is 2. The van der Waals surface area contributed by atoms with E-state index in [1.165, 1.54) is 0 Å². The number of halogens is 1. The quantitative estimate of drug-likeness (QED) is 0.810. The van der Waals surface area contributed by atoms with Gasteiger partial charge in [0.25, 0.3) is 0 Å². The molecule has 0 heterocycles. The molecule has 3 N–H and O–H groups in total. The zero-order valence-corrected chi connectivity index (χ0v) is 9.25. The Bertz CT molecular complexity index is 312. The van der Waals surface area contributed by atoms with E-state index >= 15 is 0 Å². The van der Waals surface area contributed by atoms with E-state index in [4.69, 9.17) is 17.3 Å². The third-order valence-corrected chi connectivity index (χ3v) is 2.54. The zero-order valence-electron chi connectivity index (χ0n) is 8.50. The number of aliphatic hydroxyl groups is 1. The summed E-state index contributed by atoms with van der Waals surface area (Å²) in [5, 5.41) is 10.5. The predicted octanol–water partition coefficient (Wildman–Crippen LogP) is 2.28. The molecule has 3 heteroatoms. The lowest BCUT2D eigenvalue weighted by molar-refractivity contribution is 0.152. The summed E-state index contributed by atoms with van der Waals surface area (Å²) < 4.78 is 0. The second-order valence-corrected chi connectivity index (χ2v) is 3.94. The van der Waals surface area contributed by atoms with Crippen LogP contribution in [0.4, 0.5) is 0 Å². The van der Waals surface area contributed by atoms with Crippen molar-refractivity contribution in [3.63, 3.8) is 0 Å². The maximum Gasteiger partial charge on any atom is 0.0941 e. The Morgan fingerprint density at radius 2 is 2.14 bits per heavy atom. The van der Waals surface area contributed by atoms with Crippen molar-refractivity contribution in [1.29, 1.82) is 0 Å². The lowest BCUT2D eigenvalue weighted by atomic mass is 9.97. The minimum Gasteiger partial charge on any atom is -0.387 e. The summed E-state index contributed by atoms with van der Waals surface area (Å²) in [4.78, 5) is 0. The lowest BCUT2D eigenvalue weighted by Gasteiger charge is -2.18. The first kappa shape index (κ1) is 11.5. The first-order chi connectivity index (χ1) is 6.56. The van der Waals surface area contributed by atoms with Crippen molar-refractivity contribution < 1.29 is 5.11 Å². The summed E-state index contributed by atoms with van der Waals surface area (Å²) in [7, 11) is 0. The molecule has 78 valence electrons. The lowest BCUT2D eigenvalue weighted by Crippen LogP contribution is -2.25. The monoisotopic (exact) mass is 213 g/mol. The molecule has 0 fully saturated rings. The highest BCUT2D eigenvalue weighted by Gasteiger charge is 2.15. The highest BCUT2D eigenvalue weighted by atomic mass is 35.5. The molecule has 2 unspecified atom stereocenters. The van der Waals surface area contributed by atoms with E-state index in [1.54, 1.807) is 13.0 Å². The van der Waals surface area contributed by atoms with Gasteiger partial charge in [-0.3, -0.25) is 0 Å². The Morgan fingerprint density at radius 3 is 2.64 bits per heavy atom. The third-order valence-electron chi connectivity index (χ3n) is 2.31. The SMILES string of the molecule is CCc1ccc(Cl)cc1C(O)C(C)N. The molecule has 1 aromatic rings. The van der Waals surface area contributed by atoms with Crippen LogP contribution in [0.2, 0.25) is 5.02 Å². The van der Waals surface area contributed by atoms with Gasteiger partial charge in [0.2, 0.25) is 0 Å². The minimum absolute atomic E-state index is 0.279. The van der Waals surface area contributed by atoms with Gasteiger partial charge >= 0.3 is 0 Å². The third kappa shape index (κ3) is 2.47. The summed E-state index contributed by atoms with van der Waals surface area (Å²) >= 11 is 5.87. The van der Waals surface area contributed by atoms with Gasteiger partial charge in [-0.25, -0.2) is 0 Å². The van der Waals surface area contributed by atoms with Gasteiger partial charge in [0.15, 0.2) is 0 Å². The van der Waals surface area contributed by atoms with Crippen LogP contribution in [0.3, 0.4) is 0 Å². The number of rotatable bonds is 3. The number of nitrogens with two attached hydrogens (primary N) is 1. The van der Waals surface area contributed by atoms with E-state index in [9.17, 15) is 5.11 Å². The molecule has 0 saturated carbocycles. The Labute approximate surface area is 89.7 Å². The van der Waals surface area contributed by atoms with Crippen molar-refractivity contribution in [2.45, 2.75) is 32.4 Å². The summed E-state index contributed by atoms with van der Waals surface area (Å²) in [6, 6.07) is 5.27. The van der Waals surface area contributed by atoms with E-state index in [0.29, 0.717) is 5.02 Å². The molecule has 14 heavy (non-hydrogen) atoms. The standard InChI is InChI=1S/C11H16ClNO/c1-3-8-4-5-9(12)6-10(8)11(14)7(2)13/h4-7,11,14H,3,13H2,1-2H3. The second-order valence-electron chi connectivity index (χ2n) is 3.50. The average molecular weight is 214 g/mol. The number of benzene rings is 1. The average Bonchev–Trinajstić information content (AvgIpc) is 2.16. The van der Waals surface area contributed by atoms with Crippen LogP contribution in [0.15, 0.2) is 18.2 Å². The van der Waals surface area contributed by atoms with Crippen molar-refractivity contribution >= 4 is 11.6 Å². The summed E-state index contributed by atoms with van der Waals surface area (Å²) in [5.74, 6) is 0. The Hall–Kier alpha value is -0.570. The fraction of sp³-hybridized carbons (Fsp3) is 0.455. The summed E-state index contributed by atoms with van der Waals surface area (Å²) in [5.41, 5.74) is 7.59. The molecular formula is C11H16ClNO. The molecule has 2 atom stereocenters. The fourth-order valence-corrected chi connectivity index (χ4v) is 1.63. The second kappa shape index (κ2) is 4.78. The maximum atomic E-state index is 9.85.